The summed E-state index contributed by atoms with van der Waals surface area (Å²) in [5.74, 6) is -0.605. The lowest BCUT2D eigenvalue weighted by molar-refractivity contribution is -0.141. The molecule has 2 rings (SSSR count). The van der Waals surface area contributed by atoms with Crippen molar-refractivity contribution < 1.29 is 19.4 Å². The van der Waals surface area contributed by atoms with Crippen molar-refractivity contribution in [2.45, 2.75) is 69.9 Å². The number of nitrogens with zero attached hydrogens (tertiary/aromatic N) is 1. The van der Waals surface area contributed by atoms with Crippen molar-refractivity contribution in [2.75, 3.05) is 13.7 Å². The van der Waals surface area contributed by atoms with Crippen LogP contribution in [0.4, 0.5) is 0 Å². The normalized spacial score (nSPS) is 28.1. The molecule has 1 aliphatic carbocycles. The van der Waals surface area contributed by atoms with E-state index in [1.807, 2.05) is 0 Å². The maximum Gasteiger partial charge on any atom is 0.305 e. The first-order valence-electron chi connectivity index (χ1n) is 8.17. The number of aliphatic carboxylic acids is 1. The minimum atomic E-state index is -0.841. The van der Waals surface area contributed by atoms with E-state index < -0.39 is 5.97 Å². The second-order valence-corrected chi connectivity index (χ2v) is 6.38. The first-order valence-corrected chi connectivity index (χ1v) is 8.17. The van der Waals surface area contributed by atoms with E-state index >= 15 is 0 Å². The lowest BCUT2D eigenvalue weighted by atomic mass is 9.90. The molecular formula is C16H27NO4. The second-order valence-electron chi connectivity index (χ2n) is 6.38. The molecule has 0 bridgehead atoms. The molecule has 1 aliphatic heterocycles. The van der Waals surface area contributed by atoms with Crippen LogP contribution >= 0.6 is 0 Å². The average Bonchev–Trinajstić information content (AvgIpc) is 2.80. The largest absolute Gasteiger partial charge is 0.481 e. The van der Waals surface area contributed by atoms with Gasteiger partial charge in [0.05, 0.1) is 12.5 Å². The smallest absolute Gasteiger partial charge is 0.305 e. The zero-order chi connectivity index (χ0) is 15.2. The van der Waals surface area contributed by atoms with Gasteiger partial charge in [-0.25, -0.2) is 0 Å². The Hall–Kier alpha value is -1.10. The van der Waals surface area contributed by atoms with E-state index in [1.165, 1.54) is 19.3 Å². The average molecular weight is 297 g/mol. The number of hydrogen-bond donors (Lipinski definition) is 1. The number of amides is 1. The summed E-state index contributed by atoms with van der Waals surface area (Å²) in [6.45, 7) is 0.545. The van der Waals surface area contributed by atoms with E-state index in [0.717, 1.165) is 25.7 Å². The highest BCUT2D eigenvalue weighted by Crippen LogP contribution is 2.29. The molecule has 2 fully saturated rings. The van der Waals surface area contributed by atoms with Crippen molar-refractivity contribution in [2.24, 2.45) is 5.92 Å². The summed E-state index contributed by atoms with van der Waals surface area (Å²) in [5, 5.41) is 9.05. The van der Waals surface area contributed by atoms with Crippen LogP contribution in [0.1, 0.15) is 57.8 Å². The number of hydrogen-bond acceptors (Lipinski definition) is 3. The fourth-order valence-corrected chi connectivity index (χ4v) is 3.65. The van der Waals surface area contributed by atoms with Crippen LogP contribution in [0.3, 0.4) is 0 Å². The summed E-state index contributed by atoms with van der Waals surface area (Å²) < 4.78 is 5.35. The number of carboxylic acid groups (broad SMARTS) is 1. The SMILES string of the molecule is COC1CC(CC(=O)O)N(C(=O)C2CCCCCCC2)C1. The number of carbonyl (C=O) groups excluding carboxylic acids is 1. The summed E-state index contributed by atoms with van der Waals surface area (Å²) in [6.07, 6.45) is 8.47. The highest BCUT2D eigenvalue weighted by atomic mass is 16.5. The molecule has 1 saturated carbocycles. The van der Waals surface area contributed by atoms with Crippen LogP contribution in [-0.2, 0) is 14.3 Å². The molecule has 0 aromatic rings. The Balaban J connectivity index is 2.01. The van der Waals surface area contributed by atoms with Gasteiger partial charge in [0.15, 0.2) is 0 Å². The van der Waals surface area contributed by atoms with Crippen molar-refractivity contribution in [3.05, 3.63) is 0 Å². The van der Waals surface area contributed by atoms with Gasteiger partial charge in [-0.2, -0.15) is 0 Å². The van der Waals surface area contributed by atoms with Gasteiger partial charge >= 0.3 is 5.97 Å². The maximum atomic E-state index is 12.8. The molecule has 1 saturated heterocycles. The van der Waals surface area contributed by atoms with E-state index in [9.17, 15) is 9.59 Å². The number of carbonyl (C=O) groups is 2. The molecule has 5 heteroatoms. The molecule has 0 radical (unpaired) electrons. The lowest BCUT2D eigenvalue weighted by Crippen LogP contribution is -2.41. The van der Waals surface area contributed by atoms with Crippen molar-refractivity contribution >= 4 is 11.9 Å². The van der Waals surface area contributed by atoms with Gasteiger partial charge in [0.25, 0.3) is 0 Å². The molecule has 120 valence electrons. The van der Waals surface area contributed by atoms with Gasteiger partial charge < -0.3 is 14.7 Å². The highest BCUT2D eigenvalue weighted by Gasteiger charge is 2.38. The molecular weight excluding hydrogens is 270 g/mol. The predicted molar refractivity (Wildman–Crippen MR) is 79.0 cm³/mol. The van der Waals surface area contributed by atoms with Gasteiger partial charge in [0.1, 0.15) is 0 Å². The molecule has 0 aromatic carbocycles. The minimum absolute atomic E-state index is 0.0214. The Labute approximate surface area is 126 Å². The number of carboxylic acids is 1. The summed E-state index contributed by atoms with van der Waals surface area (Å²) in [6, 6.07) is -0.203. The van der Waals surface area contributed by atoms with Crippen molar-refractivity contribution in [1.29, 1.82) is 0 Å². The number of ether oxygens (including phenoxy) is 1. The predicted octanol–water partition coefficient (Wildman–Crippen LogP) is 2.44. The van der Waals surface area contributed by atoms with Gasteiger partial charge in [0.2, 0.25) is 5.91 Å². The molecule has 0 spiro atoms. The first kappa shape index (κ1) is 16.3. The quantitative estimate of drug-likeness (QED) is 0.865. The standard InChI is InChI=1S/C16H27NO4/c1-21-14-9-13(10-15(18)19)17(11-14)16(20)12-7-5-3-2-4-6-8-12/h12-14H,2-11H2,1H3,(H,18,19). The van der Waals surface area contributed by atoms with Crippen molar-refractivity contribution in [3.8, 4) is 0 Å². The Bertz CT molecular complexity index is 363. The van der Waals surface area contributed by atoms with Crippen LogP contribution in [0.15, 0.2) is 0 Å². The van der Waals surface area contributed by atoms with E-state index in [1.54, 1.807) is 12.0 Å². The Morgan fingerprint density at radius 2 is 1.76 bits per heavy atom. The molecule has 5 nitrogen and oxygen atoms in total. The summed E-state index contributed by atoms with van der Waals surface area (Å²) in [4.78, 5) is 25.6. The summed E-state index contributed by atoms with van der Waals surface area (Å²) >= 11 is 0. The van der Waals surface area contributed by atoms with Crippen LogP contribution in [-0.4, -0.2) is 47.7 Å². The molecule has 1 N–H and O–H groups in total. The van der Waals surface area contributed by atoms with Crippen LogP contribution < -0.4 is 0 Å². The van der Waals surface area contributed by atoms with Gasteiger partial charge in [-0.15, -0.1) is 0 Å². The van der Waals surface area contributed by atoms with E-state index in [4.69, 9.17) is 9.84 Å². The first-order chi connectivity index (χ1) is 10.1. The van der Waals surface area contributed by atoms with Crippen molar-refractivity contribution in [3.63, 3.8) is 0 Å². The van der Waals surface area contributed by atoms with Crippen LogP contribution in [0.5, 0.6) is 0 Å². The van der Waals surface area contributed by atoms with Gasteiger partial charge in [-0.3, -0.25) is 9.59 Å². The second kappa shape index (κ2) is 7.78. The molecule has 2 atom stereocenters. The van der Waals surface area contributed by atoms with E-state index in [0.29, 0.717) is 13.0 Å². The summed E-state index contributed by atoms with van der Waals surface area (Å²) in [7, 11) is 1.63. The number of rotatable bonds is 4. The fourth-order valence-electron chi connectivity index (χ4n) is 3.65. The molecule has 0 aromatic heterocycles. The Morgan fingerprint density at radius 1 is 1.14 bits per heavy atom. The fraction of sp³-hybridized carbons (Fsp3) is 0.875. The zero-order valence-corrected chi connectivity index (χ0v) is 12.9. The summed E-state index contributed by atoms with van der Waals surface area (Å²) in [5.41, 5.74) is 0. The zero-order valence-electron chi connectivity index (χ0n) is 12.9. The highest BCUT2D eigenvalue weighted by molar-refractivity contribution is 5.80. The maximum absolute atomic E-state index is 12.8. The van der Waals surface area contributed by atoms with E-state index in [2.05, 4.69) is 0 Å². The molecule has 2 aliphatic rings. The minimum Gasteiger partial charge on any atom is -0.481 e. The van der Waals surface area contributed by atoms with Gasteiger partial charge in [-0.1, -0.05) is 32.1 Å². The molecule has 2 unspecified atom stereocenters. The van der Waals surface area contributed by atoms with Crippen LogP contribution in [0, 0.1) is 5.92 Å². The number of likely N-dealkylation sites (tertiary alicyclic amines) is 1. The lowest BCUT2D eigenvalue weighted by Gasteiger charge is -2.29. The number of methoxy groups -OCH3 is 1. The Kier molecular flexibility index (Phi) is 6.03. The van der Waals surface area contributed by atoms with Crippen LogP contribution in [0.25, 0.3) is 0 Å². The van der Waals surface area contributed by atoms with Crippen molar-refractivity contribution in [1.82, 2.24) is 4.90 Å². The third-order valence-corrected chi connectivity index (χ3v) is 4.86. The van der Waals surface area contributed by atoms with Crippen LogP contribution in [0.2, 0.25) is 0 Å². The Morgan fingerprint density at radius 3 is 2.33 bits per heavy atom. The van der Waals surface area contributed by atoms with Gasteiger partial charge in [-0.05, 0) is 19.3 Å². The molecule has 1 amide bonds. The van der Waals surface area contributed by atoms with Gasteiger partial charge in [0, 0.05) is 25.6 Å². The molecule has 1 heterocycles. The topological polar surface area (TPSA) is 66.8 Å². The van der Waals surface area contributed by atoms with E-state index in [-0.39, 0.29) is 30.4 Å². The third-order valence-electron chi connectivity index (χ3n) is 4.86. The monoisotopic (exact) mass is 297 g/mol. The third kappa shape index (κ3) is 4.43. The molecule has 21 heavy (non-hydrogen) atoms.